The lowest BCUT2D eigenvalue weighted by Gasteiger charge is -2.20. The summed E-state index contributed by atoms with van der Waals surface area (Å²) in [5.41, 5.74) is 5.31. The summed E-state index contributed by atoms with van der Waals surface area (Å²) in [6.45, 7) is 2.50. The molecule has 0 amide bonds. The van der Waals surface area contributed by atoms with Crippen molar-refractivity contribution in [3.63, 3.8) is 0 Å². The van der Waals surface area contributed by atoms with Gasteiger partial charge in [0, 0.05) is 12.8 Å². The molecule has 5 N–H and O–H groups in total. The van der Waals surface area contributed by atoms with Gasteiger partial charge in [-0.3, -0.25) is 23.4 Å². The van der Waals surface area contributed by atoms with Crippen LogP contribution in [-0.4, -0.2) is 71.1 Å². The number of aliphatic hydroxyl groups is 1. The molecule has 0 rings (SSSR count). The standard InChI is InChI=1S/C40H68NO11P/c1-3-5-7-8-9-10-13-18-21-24-27-31-39(44)52-36(33-50-53(47,48)51-34-37(41)40(45)46)32-49-38(43)30-26-23-20-17-15-12-11-14-16-19-22-25-29-35(42)28-6-4-2/h8-9,11-12,16-17,19-20,25,29,35-37,42H,3-7,10,13-15,18,21-24,26-28,30-34,41H2,1-2H3,(H,45,46)(H,47,48)/b9-8-,12-11-,19-16-,20-17-,29-25-/t35-,36+,37-/m0/s1. The van der Waals surface area contributed by atoms with Crippen molar-refractivity contribution in [2.75, 3.05) is 19.8 Å². The Labute approximate surface area is 318 Å². The van der Waals surface area contributed by atoms with Gasteiger partial charge in [0.05, 0.1) is 19.3 Å². The van der Waals surface area contributed by atoms with Crippen molar-refractivity contribution in [2.45, 2.75) is 154 Å². The molecule has 0 spiro atoms. The average molecular weight is 770 g/mol. The van der Waals surface area contributed by atoms with Crippen LogP contribution in [0.1, 0.15) is 136 Å². The molecular weight excluding hydrogens is 701 g/mol. The molecule has 0 aromatic heterocycles. The first kappa shape index (κ1) is 50.1. The van der Waals surface area contributed by atoms with Crippen molar-refractivity contribution >= 4 is 25.7 Å². The lowest BCUT2D eigenvalue weighted by Crippen LogP contribution is -2.34. The first-order valence-electron chi connectivity index (χ1n) is 19.4. The number of carbonyl (C=O) groups is 3. The summed E-state index contributed by atoms with van der Waals surface area (Å²) < 4.78 is 32.4. The number of carboxylic acids is 1. The number of allylic oxidation sites excluding steroid dienone is 9. The second-order valence-corrected chi connectivity index (χ2v) is 14.3. The minimum absolute atomic E-state index is 0.125. The van der Waals surface area contributed by atoms with Crippen LogP contribution in [0.4, 0.5) is 0 Å². The molecular formula is C40H68NO11P. The predicted octanol–water partition coefficient (Wildman–Crippen LogP) is 8.58. The Morgan fingerprint density at radius 2 is 1.19 bits per heavy atom. The van der Waals surface area contributed by atoms with Crippen LogP contribution in [0.25, 0.3) is 0 Å². The molecule has 0 saturated heterocycles. The van der Waals surface area contributed by atoms with E-state index >= 15 is 0 Å². The van der Waals surface area contributed by atoms with Crippen LogP contribution in [0.15, 0.2) is 60.8 Å². The molecule has 0 aromatic rings. The summed E-state index contributed by atoms with van der Waals surface area (Å²) in [6.07, 6.45) is 35.0. The number of phosphoric acid groups is 1. The van der Waals surface area contributed by atoms with E-state index in [4.69, 9.17) is 24.8 Å². The Hall–Kier alpha value is -2.86. The minimum Gasteiger partial charge on any atom is -0.480 e. The zero-order valence-corrected chi connectivity index (χ0v) is 33.1. The number of rotatable bonds is 35. The Kier molecular flexibility index (Phi) is 33.0. The quantitative estimate of drug-likeness (QED) is 0.0208. The van der Waals surface area contributed by atoms with Gasteiger partial charge < -0.3 is 30.3 Å². The first-order valence-corrected chi connectivity index (χ1v) is 20.9. The number of aliphatic hydroxyl groups excluding tert-OH is 1. The molecule has 0 heterocycles. The maximum atomic E-state index is 12.5. The molecule has 4 atom stereocenters. The van der Waals surface area contributed by atoms with Crippen LogP contribution in [0.3, 0.4) is 0 Å². The van der Waals surface area contributed by atoms with Gasteiger partial charge in [0.15, 0.2) is 6.10 Å². The molecule has 0 aliphatic carbocycles. The molecule has 304 valence electrons. The number of phosphoric ester groups is 1. The van der Waals surface area contributed by atoms with Gasteiger partial charge in [-0.2, -0.15) is 0 Å². The lowest BCUT2D eigenvalue weighted by molar-refractivity contribution is -0.161. The van der Waals surface area contributed by atoms with Crippen LogP contribution >= 0.6 is 7.82 Å². The fourth-order valence-corrected chi connectivity index (χ4v) is 5.42. The SMILES string of the molecule is CCCC/C=C\CCCCCCCC(=O)O[C@H](COC(=O)CCC/C=C\C/C=C\C/C=C\C/C=C\[C@@H](O)CCCC)COP(=O)(O)OC[C@H](N)C(=O)O. The van der Waals surface area contributed by atoms with Gasteiger partial charge in [0.2, 0.25) is 0 Å². The zero-order valence-electron chi connectivity index (χ0n) is 32.2. The maximum absolute atomic E-state index is 12.5. The minimum atomic E-state index is -4.73. The van der Waals surface area contributed by atoms with E-state index < -0.39 is 57.7 Å². The average Bonchev–Trinajstić information content (AvgIpc) is 3.13. The van der Waals surface area contributed by atoms with Gasteiger partial charge in [-0.1, -0.05) is 120 Å². The summed E-state index contributed by atoms with van der Waals surface area (Å²) in [4.78, 5) is 45.7. The smallest absolute Gasteiger partial charge is 0.472 e. The number of unbranched alkanes of at least 4 members (excludes halogenated alkanes) is 9. The van der Waals surface area contributed by atoms with E-state index in [9.17, 15) is 28.9 Å². The Morgan fingerprint density at radius 3 is 1.85 bits per heavy atom. The molecule has 0 radical (unpaired) electrons. The summed E-state index contributed by atoms with van der Waals surface area (Å²) in [7, 11) is -4.73. The molecule has 12 nitrogen and oxygen atoms in total. The maximum Gasteiger partial charge on any atom is 0.472 e. The summed E-state index contributed by atoms with van der Waals surface area (Å²) in [5, 5.41) is 18.6. The van der Waals surface area contributed by atoms with Crippen molar-refractivity contribution in [2.24, 2.45) is 5.73 Å². The fraction of sp³-hybridized carbons (Fsp3) is 0.675. The fourth-order valence-electron chi connectivity index (χ4n) is 4.64. The van der Waals surface area contributed by atoms with Gasteiger partial charge in [-0.25, -0.2) is 4.57 Å². The van der Waals surface area contributed by atoms with E-state index in [1.54, 1.807) is 0 Å². The number of carboxylic acid groups (broad SMARTS) is 1. The number of carbonyl (C=O) groups excluding carboxylic acids is 2. The number of nitrogens with two attached hydrogens (primary N) is 1. The highest BCUT2D eigenvalue weighted by atomic mass is 31.2. The molecule has 1 unspecified atom stereocenters. The van der Waals surface area contributed by atoms with Crippen molar-refractivity contribution in [1.82, 2.24) is 0 Å². The normalized spacial score (nSPS) is 15.1. The van der Waals surface area contributed by atoms with E-state index in [-0.39, 0.29) is 18.9 Å². The first-order chi connectivity index (χ1) is 25.5. The monoisotopic (exact) mass is 769 g/mol. The van der Waals surface area contributed by atoms with Gasteiger partial charge in [-0.05, 0) is 64.2 Å². The molecule has 0 aliphatic rings. The third kappa shape index (κ3) is 34.6. The van der Waals surface area contributed by atoms with E-state index in [0.29, 0.717) is 19.3 Å². The zero-order chi connectivity index (χ0) is 39.4. The second-order valence-electron chi connectivity index (χ2n) is 12.9. The van der Waals surface area contributed by atoms with Gasteiger partial charge >= 0.3 is 25.7 Å². The second kappa shape index (κ2) is 34.9. The Bertz CT molecular complexity index is 1150. The Balaban J connectivity index is 4.55. The van der Waals surface area contributed by atoms with Crippen LogP contribution in [0.5, 0.6) is 0 Å². The number of hydrogen-bond donors (Lipinski definition) is 4. The van der Waals surface area contributed by atoms with Gasteiger partial charge in [0.25, 0.3) is 0 Å². The van der Waals surface area contributed by atoms with E-state index in [2.05, 4.69) is 54.8 Å². The van der Waals surface area contributed by atoms with Gasteiger partial charge in [-0.15, -0.1) is 0 Å². The third-order valence-electron chi connectivity index (χ3n) is 7.81. The van der Waals surface area contributed by atoms with Crippen molar-refractivity contribution in [3.8, 4) is 0 Å². The Morgan fingerprint density at radius 1 is 0.660 bits per heavy atom. The van der Waals surface area contributed by atoms with E-state index in [1.807, 2.05) is 24.3 Å². The third-order valence-corrected chi connectivity index (χ3v) is 8.76. The number of ether oxygens (including phenoxy) is 2. The summed E-state index contributed by atoms with van der Waals surface area (Å²) in [5.74, 6) is -2.50. The van der Waals surface area contributed by atoms with Crippen LogP contribution in [-0.2, 0) is 37.5 Å². The van der Waals surface area contributed by atoms with Crippen LogP contribution in [0.2, 0.25) is 0 Å². The molecule has 0 aromatic carbocycles. The van der Waals surface area contributed by atoms with Gasteiger partial charge in [0.1, 0.15) is 12.6 Å². The molecule has 0 fully saturated rings. The highest BCUT2D eigenvalue weighted by Gasteiger charge is 2.28. The molecule has 0 saturated carbocycles. The van der Waals surface area contributed by atoms with E-state index in [0.717, 1.165) is 77.0 Å². The van der Waals surface area contributed by atoms with Crippen molar-refractivity contribution in [3.05, 3.63) is 60.8 Å². The summed E-state index contributed by atoms with van der Waals surface area (Å²) in [6, 6.07) is -1.54. The number of aliphatic carboxylic acids is 1. The van der Waals surface area contributed by atoms with Crippen LogP contribution in [0, 0.1) is 0 Å². The lowest BCUT2D eigenvalue weighted by atomic mass is 10.1. The molecule has 13 heteroatoms. The molecule has 0 bridgehead atoms. The topological polar surface area (TPSA) is 192 Å². The van der Waals surface area contributed by atoms with Crippen molar-refractivity contribution < 1.29 is 52.6 Å². The highest BCUT2D eigenvalue weighted by molar-refractivity contribution is 7.47. The molecule has 53 heavy (non-hydrogen) atoms. The van der Waals surface area contributed by atoms with Crippen LogP contribution < -0.4 is 5.73 Å². The largest absolute Gasteiger partial charge is 0.480 e. The van der Waals surface area contributed by atoms with E-state index in [1.165, 1.54) is 12.8 Å². The predicted molar refractivity (Wildman–Crippen MR) is 209 cm³/mol. The summed E-state index contributed by atoms with van der Waals surface area (Å²) >= 11 is 0. The molecule has 0 aliphatic heterocycles. The highest BCUT2D eigenvalue weighted by Crippen LogP contribution is 2.43. The van der Waals surface area contributed by atoms with Crippen molar-refractivity contribution in [1.29, 1.82) is 0 Å². The number of esters is 2. The number of hydrogen-bond acceptors (Lipinski definition) is 10.